The second kappa shape index (κ2) is 8.94. The van der Waals surface area contributed by atoms with E-state index in [9.17, 15) is 18.0 Å². The summed E-state index contributed by atoms with van der Waals surface area (Å²) in [4.78, 5) is 22.1. The molecule has 2 aliphatic carbocycles. The van der Waals surface area contributed by atoms with Gasteiger partial charge in [0.15, 0.2) is 4.77 Å². The van der Waals surface area contributed by atoms with Crippen molar-refractivity contribution in [2.45, 2.75) is 50.6 Å². The Morgan fingerprint density at radius 3 is 2.55 bits per heavy atom. The molecule has 1 saturated carbocycles. The van der Waals surface area contributed by atoms with E-state index in [1.165, 1.54) is 12.1 Å². The van der Waals surface area contributed by atoms with E-state index in [1.807, 2.05) is 0 Å². The fraction of sp³-hybridized carbons (Fsp3) is 0.435. The molecule has 2 aliphatic rings. The van der Waals surface area contributed by atoms with E-state index < -0.39 is 11.9 Å². The summed E-state index contributed by atoms with van der Waals surface area (Å²) in [5.41, 5.74) is 0.0529. The van der Waals surface area contributed by atoms with Gasteiger partial charge in [-0.05, 0) is 74.2 Å². The molecule has 2 aromatic rings. The minimum atomic E-state index is -4.52. The number of hydrogen-bond acceptors (Lipinski definition) is 3. The van der Waals surface area contributed by atoms with Crippen LogP contribution in [0.2, 0.25) is 0 Å². The average molecular weight is 448 g/mol. The van der Waals surface area contributed by atoms with Gasteiger partial charge in [-0.3, -0.25) is 9.78 Å². The van der Waals surface area contributed by atoms with Crippen molar-refractivity contribution in [3.8, 4) is 0 Å². The number of halogens is 3. The monoisotopic (exact) mass is 447 g/mol. The van der Waals surface area contributed by atoms with Gasteiger partial charge in [0, 0.05) is 23.4 Å². The van der Waals surface area contributed by atoms with Crippen LogP contribution >= 0.6 is 12.2 Å². The van der Waals surface area contributed by atoms with Crippen LogP contribution in [0.5, 0.6) is 0 Å². The molecule has 0 aliphatic heterocycles. The zero-order valence-electron chi connectivity index (χ0n) is 16.9. The predicted molar refractivity (Wildman–Crippen MR) is 115 cm³/mol. The number of alkyl halides is 3. The van der Waals surface area contributed by atoms with Crippen molar-refractivity contribution >= 4 is 12.2 Å². The first kappa shape index (κ1) is 21.7. The van der Waals surface area contributed by atoms with Crippen molar-refractivity contribution in [1.82, 2.24) is 15.0 Å². The van der Waals surface area contributed by atoms with Crippen LogP contribution in [0.4, 0.5) is 13.2 Å². The van der Waals surface area contributed by atoms with E-state index in [0.29, 0.717) is 17.4 Å². The quantitative estimate of drug-likeness (QED) is 0.579. The third-order valence-electron chi connectivity index (χ3n) is 6.33. The highest BCUT2D eigenvalue weighted by Gasteiger charge is 2.33. The first-order valence-corrected chi connectivity index (χ1v) is 10.9. The molecule has 0 saturated heterocycles. The van der Waals surface area contributed by atoms with Gasteiger partial charge in [-0.25, -0.2) is 4.98 Å². The fourth-order valence-corrected chi connectivity index (χ4v) is 4.96. The predicted octanol–water partition coefficient (Wildman–Crippen LogP) is 5.84. The Morgan fingerprint density at radius 2 is 1.87 bits per heavy atom. The van der Waals surface area contributed by atoms with Crippen molar-refractivity contribution < 1.29 is 13.2 Å². The summed E-state index contributed by atoms with van der Waals surface area (Å²) in [5, 5.41) is 0. The van der Waals surface area contributed by atoms with Gasteiger partial charge in [0.25, 0.3) is 5.56 Å². The molecule has 1 unspecified atom stereocenters. The molecule has 0 amide bonds. The summed E-state index contributed by atoms with van der Waals surface area (Å²) in [6.45, 7) is 0. The second-order valence-electron chi connectivity index (χ2n) is 8.31. The number of allylic oxidation sites excluding steroid dienone is 4. The molecular formula is C23H24F3N3OS. The van der Waals surface area contributed by atoms with Crippen LogP contribution in [0.25, 0.3) is 0 Å². The number of pyridine rings is 1. The summed E-state index contributed by atoms with van der Waals surface area (Å²) < 4.78 is 39.4. The highest BCUT2D eigenvalue weighted by Crippen LogP contribution is 2.41. The van der Waals surface area contributed by atoms with Gasteiger partial charge in [0.2, 0.25) is 0 Å². The Balaban J connectivity index is 1.57. The Kier molecular flexibility index (Phi) is 6.27. The minimum Gasteiger partial charge on any atom is -0.335 e. The van der Waals surface area contributed by atoms with E-state index in [1.54, 1.807) is 0 Å². The van der Waals surface area contributed by atoms with Crippen LogP contribution in [0.1, 0.15) is 60.7 Å². The average Bonchev–Trinajstić information content (AvgIpc) is 2.76. The molecule has 1 fully saturated rings. The van der Waals surface area contributed by atoms with Crippen molar-refractivity contribution in [2.75, 3.05) is 0 Å². The van der Waals surface area contributed by atoms with Gasteiger partial charge >= 0.3 is 6.18 Å². The normalized spacial score (nSPS) is 23.8. The topological polar surface area (TPSA) is 61.5 Å². The summed E-state index contributed by atoms with van der Waals surface area (Å²) in [6.07, 6.45) is 9.13. The molecule has 4 rings (SSSR count). The van der Waals surface area contributed by atoms with Gasteiger partial charge in [-0.2, -0.15) is 13.2 Å². The van der Waals surface area contributed by atoms with E-state index in [0.717, 1.165) is 43.9 Å². The number of aromatic amines is 2. The maximum absolute atomic E-state index is 13.0. The van der Waals surface area contributed by atoms with Gasteiger partial charge in [-0.1, -0.05) is 30.4 Å². The number of H-pyrrole nitrogens is 2. The Bertz CT molecular complexity index is 1110. The Hall–Kier alpha value is -2.48. The number of nitrogens with one attached hydrogen (secondary N) is 2. The molecule has 2 aromatic heterocycles. The molecule has 0 bridgehead atoms. The molecule has 0 aromatic carbocycles. The van der Waals surface area contributed by atoms with Crippen LogP contribution in [-0.2, 0) is 12.6 Å². The van der Waals surface area contributed by atoms with Crippen molar-refractivity contribution in [3.63, 3.8) is 0 Å². The summed E-state index contributed by atoms with van der Waals surface area (Å²) in [7, 11) is 0. The maximum Gasteiger partial charge on any atom is 0.433 e. The zero-order valence-corrected chi connectivity index (χ0v) is 17.7. The van der Waals surface area contributed by atoms with Crippen LogP contribution in [-0.4, -0.2) is 15.0 Å². The molecule has 31 heavy (non-hydrogen) atoms. The lowest BCUT2D eigenvalue weighted by Crippen LogP contribution is -2.25. The molecule has 0 spiro atoms. The highest BCUT2D eigenvalue weighted by molar-refractivity contribution is 7.71. The lowest BCUT2D eigenvalue weighted by molar-refractivity contribution is -0.141. The smallest absolute Gasteiger partial charge is 0.335 e. The lowest BCUT2D eigenvalue weighted by Gasteiger charge is -2.33. The van der Waals surface area contributed by atoms with Gasteiger partial charge in [0.05, 0.1) is 0 Å². The van der Waals surface area contributed by atoms with E-state index in [2.05, 4.69) is 39.3 Å². The van der Waals surface area contributed by atoms with Crippen molar-refractivity contribution in [1.29, 1.82) is 0 Å². The molecule has 4 nitrogen and oxygen atoms in total. The molecule has 8 heteroatoms. The maximum atomic E-state index is 13.0. The number of aromatic nitrogens is 3. The SMILES string of the molecule is O=c1[nH]c(=S)[nH]c(C2CCC(C3C=CC=CC3)CC2)c1Cc1cccc(C(F)(F)F)n1. The number of hydrogen-bond donors (Lipinski definition) is 2. The molecule has 2 heterocycles. The molecular weight excluding hydrogens is 423 g/mol. The minimum absolute atomic E-state index is 0.0246. The first-order chi connectivity index (χ1) is 14.8. The summed E-state index contributed by atoms with van der Waals surface area (Å²) in [6, 6.07) is 3.77. The van der Waals surface area contributed by atoms with Crippen LogP contribution in [0, 0.1) is 16.6 Å². The third kappa shape index (κ3) is 5.06. The van der Waals surface area contributed by atoms with Gasteiger partial charge in [-0.15, -0.1) is 0 Å². The van der Waals surface area contributed by atoms with E-state index in [4.69, 9.17) is 12.2 Å². The summed E-state index contributed by atoms with van der Waals surface area (Å²) >= 11 is 5.18. The van der Waals surface area contributed by atoms with Crippen LogP contribution in [0.15, 0.2) is 47.3 Å². The molecule has 2 N–H and O–H groups in total. The summed E-state index contributed by atoms with van der Waals surface area (Å²) in [5.74, 6) is 1.29. The van der Waals surface area contributed by atoms with Crippen LogP contribution in [0.3, 0.4) is 0 Å². The zero-order chi connectivity index (χ0) is 22.0. The Labute approximate surface area is 183 Å². The molecule has 164 valence electrons. The standard InChI is InChI=1S/C23H24F3N3OS/c24-23(25,26)19-8-4-7-17(27-19)13-18-20(28-22(31)29-21(18)30)16-11-9-15(10-12-16)14-5-2-1-3-6-14/h1-5,7-8,14-16H,6,9-13H2,(H2,28,29,30,31). The van der Waals surface area contributed by atoms with Crippen LogP contribution < -0.4 is 5.56 Å². The first-order valence-electron chi connectivity index (χ1n) is 10.5. The highest BCUT2D eigenvalue weighted by atomic mass is 32.1. The number of rotatable bonds is 4. The largest absolute Gasteiger partial charge is 0.433 e. The van der Waals surface area contributed by atoms with Gasteiger partial charge < -0.3 is 4.98 Å². The van der Waals surface area contributed by atoms with Crippen molar-refractivity contribution in [3.05, 3.63) is 80.3 Å². The second-order valence-corrected chi connectivity index (χ2v) is 8.72. The Morgan fingerprint density at radius 1 is 1.10 bits per heavy atom. The van der Waals surface area contributed by atoms with E-state index >= 15 is 0 Å². The van der Waals surface area contributed by atoms with Crippen molar-refractivity contribution in [2.24, 2.45) is 11.8 Å². The fourth-order valence-electron chi connectivity index (χ4n) is 4.76. The lowest BCUT2D eigenvalue weighted by atomic mass is 9.72. The molecule has 1 atom stereocenters. The van der Waals surface area contributed by atoms with E-state index in [-0.39, 0.29) is 28.4 Å². The van der Waals surface area contributed by atoms with Gasteiger partial charge in [0.1, 0.15) is 5.69 Å². The number of nitrogens with zero attached hydrogens (tertiary/aromatic N) is 1. The third-order valence-corrected chi connectivity index (χ3v) is 6.53. The molecule has 0 radical (unpaired) electrons.